The van der Waals surface area contributed by atoms with Crippen molar-refractivity contribution in [2.45, 2.75) is 30.5 Å². The van der Waals surface area contributed by atoms with Crippen LogP contribution in [-0.4, -0.2) is 75.4 Å². The molecule has 1 fully saturated rings. The molecule has 1 saturated heterocycles. The molecule has 1 aliphatic heterocycles. The van der Waals surface area contributed by atoms with Gasteiger partial charge in [0.2, 0.25) is 5.91 Å². The molecule has 1 amide bonds. The first-order valence-electron chi connectivity index (χ1n) is 8.92. The second-order valence-corrected chi connectivity index (χ2v) is 9.68. The Hall–Kier alpha value is -1.49. The zero-order valence-electron chi connectivity index (χ0n) is 15.9. The minimum absolute atomic E-state index is 0.0332. The maximum absolute atomic E-state index is 12.5. The number of piperazine rings is 1. The predicted octanol–water partition coefficient (Wildman–Crippen LogP) is 0.758. The highest BCUT2D eigenvalue weighted by atomic mass is 32.2. The van der Waals surface area contributed by atoms with Crippen LogP contribution in [0.2, 0.25) is 0 Å². The van der Waals surface area contributed by atoms with Crippen LogP contribution in [-0.2, 0) is 24.3 Å². The molecule has 1 N–H and O–H groups in total. The van der Waals surface area contributed by atoms with Gasteiger partial charge in [0, 0.05) is 26.2 Å². The van der Waals surface area contributed by atoms with E-state index in [4.69, 9.17) is 4.74 Å². The Morgan fingerprint density at radius 1 is 1.30 bits per heavy atom. The number of hydrogen-bond acceptors (Lipinski definition) is 7. The fraction of sp³-hybridized carbons (Fsp3) is 0.647. The van der Waals surface area contributed by atoms with Gasteiger partial charge in [-0.1, -0.05) is 26.3 Å². The van der Waals surface area contributed by atoms with Crippen molar-refractivity contribution in [1.82, 2.24) is 14.5 Å². The fourth-order valence-electron chi connectivity index (χ4n) is 2.88. The monoisotopic (exact) mass is 417 g/mol. The fourth-order valence-corrected chi connectivity index (χ4v) is 5.45. The average molecular weight is 418 g/mol. The molecule has 0 unspecified atom stereocenters. The largest absolute Gasteiger partial charge is 0.467 e. The minimum atomic E-state index is -3.46. The molecule has 1 aliphatic rings. The van der Waals surface area contributed by atoms with Crippen molar-refractivity contribution in [2.75, 3.05) is 39.8 Å². The summed E-state index contributed by atoms with van der Waals surface area (Å²) >= 11 is 1.20. The third-order valence-corrected chi connectivity index (χ3v) is 8.04. The van der Waals surface area contributed by atoms with E-state index in [0.29, 0.717) is 30.4 Å². The number of ether oxygens (including phenoxy) is 1. The summed E-state index contributed by atoms with van der Waals surface area (Å²) in [7, 11) is -2.15. The van der Waals surface area contributed by atoms with Gasteiger partial charge < -0.3 is 10.1 Å². The van der Waals surface area contributed by atoms with Gasteiger partial charge in [-0.25, -0.2) is 13.2 Å². The molecule has 0 aliphatic carbocycles. The van der Waals surface area contributed by atoms with Gasteiger partial charge in [-0.05, 0) is 17.4 Å². The molecule has 10 heteroatoms. The maximum Gasteiger partial charge on any atom is 0.328 e. The molecule has 0 saturated carbocycles. The second-order valence-electron chi connectivity index (χ2n) is 6.57. The summed E-state index contributed by atoms with van der Waals surface area (Å²) in [5.41, 5.74) is 0. The highest BCUT2D eigenvalue weighted by Gasteiger charge is 2.31. The highest BCUT2D eigenvalue weighted by molar-refractivity contribution is 7.91. The molecule has 0 aromatic carbocycles. The lowest BCUT2D eigenvalue weighted by Gasteiger charge is -2.33. The summed E-state index contributed by atoms with van der Waals surface area (Å²) in [6.07, 6.45) is 0.735. The molecule has 1 aromatic rings. The van der Waals surface area contributed by atoms with E-state index in [-0.39, 0.29) is 18.4 Å². The van der Waals surface area contributed by atoms with Gasteiger partial charge in [0.05, 0.1) is 13.7 Å². The van der Waals surface area contributed by atoms with E-state index in [9.17, 15) is 18.0 Å². The number of nitrogens with one attached hydrogen (secondary N) is 1. The predicted molar refractivity (Wildman–Crippen MR) is 103 cm³/mol. The molecule has 152 valence electrons. The van der Waals surface area contributed by atoms with Crippen LogP contribution in [0.5, 0.6) is 0 Å². The Kier molecular flexibility index (Phi) is 7.78. The number of nitrogens with zero attached hydrogens (tertiary/aromatic N) is 2. The number of sulfonamides is 1. The van der Waals surface area contributed by atoms with Crippen molar-refractivity contribution in [2.24, 2.45) is 5.92 Å². The van der Waals surface area contributed by atoms with Crippen LogP contribution >= 0.6 is 11.3 Å². The average Bonchev–Trinajstić information content (AvgIpc) is 3.21. The molecule has 0 bridgehead atoms. The molecule has 2 heterocycles. The Morgan fingerprint density at radius 3 is 2.48 bits per heavy atom. The number of carbonyl (C=O) groups excluding carboxylic acids is 2. The van der Waals surface area contributed by atoms with Crippen molar-refractivity contribution in [3.63, 3.8) is 0 Å². The summed E-state index contributed by atoms with van der Waals surface area (Å²) in [5, 5.41) is 4.48. The van der Waals surface area contributed by atoms with E-state index in [0.717, 1.165) is 6.42 Å². The molecule has 27 heavy (non-hydrogen) atoms. The van der Waals surface area contributed by atoms with Crippen LogP contribution in [0.1, 0.15) is 20.3 Å². The minimum Gasteiger partial charge on any atom is -0.467 e. The SMILES string of the molecule is CC[C@H](C)[C@@H](NC(=O)CN1CCN(S(=O)(=O)c2cccs2)CC1)C(=O)OC. The summed E-state index contributed by atoms with van der Waals surface area (Å²) in [6.45, 7) is 5.54. The molecule has 2 rings (SSSR count). The van der Waals surface area contributed by atoms with E-state index >= 15 is 0 Å². The normalized spacial score (nSPS) is 18.6. The van der Waals surface area contributed by atoms with Gasteiger partial charge in [-0.2, -0.15) is 4.31 Å². The van der Waals surface area contributed by atoms with Crippen LogP contribution in [0, 0.1) is 5.92 Å². The van der Waals surface area contributed by atoms with Crippen LogP contribution < -0.4 is 5.32 Å². The molecular weight excluding hydrogens is 390 g/mol. The van der Waals surface area contributed by atoms with Crippen LogP contribution in [0.4, 0.5) is 0 Å². The highest BCUT2D eigenvalue weighted by Crippen LogP contribution is 2.22. The molecule has 8 nitrogen and oxygen atoms in total. The Balaban J connectivity index is 1.87. The summed E-state index contributed by atoms with van der Waals surface area (Å²) in [5.74, 6) is -0.751. The topological polar surface area (TPSA) is 96.0 Å². The van der Waals surface area contributed by atoms with Gasteiger partial charge in [-0.3, -0.25) is 9.69 Å². The molecule has 0 spiro atoms. The number of amides is 1. The third-order valence-electron chi connectivity index (χ3n) is 4.77. The summed E-state index contributed by atoms with van der Waals surface area (Å²) < 4.78 is 31.6. The van der Waals surface area contributed by atoms with E-state index < -0.39 is 22.0 Å². The Labute approximate surface area is 164 Å². The first kappa shape index (κ1) is 21.8. The number of hydrogen-bond donors (Lipinski definition) is 1. The van der Waals surface area contributed by atoms with Crippen molar-refractivity contribution in [1.29, 1.82) is 0 Å². The van der Waals surface area contributed by atoms with E-state index in [1.807, 2.05) is 18.7 Å². The zero-order valence-corrected chi connectivity index (χ0v) is 17.5. The number of rotatable bonds is 8. The summed E-state index contributed by atoms with van der Waals surface area (Å²) in [4.78, 5) is 26.1. The Morgan fingerprint density at radius 2 is 1.96 bits per heavy atom. The number of carbonyl (C=O) groups is 2. The van der Waals surface area contributed by atoms with Crippen molar-refractivity contribution in [3.05, 3.63) is 17.5 Å². The first-order chi connectivity index (χ1) is 12.8. The van der Waals surface area contributed by atoms with Crippen LogP contribution in [0.25, 0.3) is 0 Å². The molecular formula is C17H27N3O5S2. The third kappa shape index (κ3) is 5.50. The van der Waals surface area contributed by atoms with Gasteiger partial charge in [-0.15, -0.1) is 11.3 Å². The molecule has 0 radical (unpaired) electrons. The number of methoxy groups -OCH3 is 1. The number of esters is 1. The van der Waals surface area contributed by atoms with Gasteiger partial charge >= 0.3 is 5.97 Å². The van der Waals surface area contributed by atoms with Crippen LogP contribution in [0.3, 0.4) is 0 Å². The molecule has 2 atom stereocenters. The maximum atomic E-state index is 12.5. The Bertz CT molecular complexity index is 728. The van der Waals surface area contributed by atoms with Crippen molar-refractivity contribution in [3.8, 4) is 0 Å². The standard InChI is InChI=1S/C17H27N3O5S2/c1-4-13(2)16(17(22)25-3)18-14(21)12-19-7-9-20(10-8-19)27(23,24)15-6-5-11-26-15/h5-6,11,13,16H,4,7-10,12H2,1-3H3,(H,18,21)/t13-,16+/m0/s1. The smallest absolute Gasteiger partial charge is 0.328 e. The first-order valence-corrected chi connectivity index (χ1v) is 11.2. The zero-order chi connectivity index (χ0) is 20.0. The van der Waals surface area contributed by atoms with Gasteiger partial charge in [0.15, 0.2) is 0 Å². The van der Waals surface area contributed by atoms with Gasteiger partial charge in [0.25, 0.3) is 10.0 Å². The molecule has 1 aromatic heterocycles. The lowest BCUT2D eigenvalue weighted by Crippen LogP contribution is -2.53. The summed E-state index contributed by atoms with van der Waals surface area (Å²) in [6, 6.07) is 2.64. The van der Waals surface area contributed by atoms with E-state index in [2.05, 4.69) is 5.32 Å². The van der Waals surface area contributed by atoms with E-state index in [1.54, 1.807) is 17.5 Å². The lowest BCUT2D eigenvalue weighted by molar-refractivity contribution is -0.146. The number of thiophene rings is 1. The van der Waals surface area contributed by atoms with Crippen molar-refractivity contribution < 1.29 is 22.7 Å². The lowest BCUT2D eigenvalue weighted by atomic mass is 9.99. The quantitative estimate of drug-likeness (QED) is 0.628. The van der Waals surface area contributed by atoms with Gasteiger partial charge in [0.1, 0.15) is 10.3 Å². The van der Waals surface area contributed by atoms with Crippen LogP contribution in [0.15, 0.2) is 21.7 Å². The van der Waals surface area contributed by atoms with Crippen molar-refractivity contribution >= 4 is 33.2 Å². The van der Waals surface area contributed by atoms with E-state index in [1.165, 1.54) is 22.8 Å². The second kappa shape index (κ2) is 9.63.